The molecule has 0 N–H and O–H groups in total. The van der Waals surface area contributed by atoms with Crippen molar-refractivity contribution in [3.8, 4) is 0 Å². The molecule has 44 heavy (non-hydrogen) atoms. The summed E-state index contributed by atoms with van der Waals surface area (Å²) < 4.78 is 5.17. The molecule has 2 aliphatic rings. The Labute approximate surface area is 261 Å². The van der Waals surface area contributed by atoms with E-state index in [-0.39, 0.29) is 0 Å². The van der Waals surface area contributed by atoms with Crippen LogP contribution in [0.25, 0.3) is 56.9 Å². The van der Waals surface area contributed by atoms with Crippen LogP contribution in [0.4, 0.5) is 0 Å². The summed E-state index contributed by atoms with van der Waals surface area (Å²) in [6.45, 7) is 9.32. The SMILES string of the molecule is CCCC(C)n1/c(=C/C=C2C=C/C(=C\C=c3/c4cccc5cccc(c54)n3C(C)CCC)C\2)c2c3c(cccc31)C=CCC=2. The molecule has 2 atom stereocenters. The van der Waals surface area contributed by atoms with Gasteiger partial charge in [0.2, 0.25) is 0 Å². The van der Waals surface area contributed by atoms with Crippen molar-refractivity contribution in [2.45, 2.75) is 78.3 Å². The molecule has 5 aromatic rings. The van der Waals surface area contributed by atoms with E-state index in [1.807, 2.05) is 0 Å². The highest BCUT2D eigenvalue weighted by Gasteiger charge is 2.17. The third kappa shape index (κ3) is 4.91. The Bertz CT molecular complexity index is 2170. The first kappa shape index (κ1) is 28.5. The van der Waals surface area contributed by atoms with Gasteiger partial charge >= 0.3 is 0 Å². The summed E-state index contributed by atoms with van der Waals surface area (Å²) in [5.41, 5.74) is 6.77. The Hall–Kier alpha value is -4.30. The molecule has 0 amide bonds. The molecule has 0 fully saturated rings. The maximum atomic E-state index is 2.59. The lowest BCUT2D eigenvalue weighted by atomic mass is 10.1. The molecule has 3 aromatic carbocycles. The lowest BCUT2D eigenvalue weighted by Gasteiger charge is -2.15. The fourth-order valence-corrected chi connectivity index (χ4v) is 7.71. The van der Waals surface area contributed by atoms with Gasteiger partial charge in [-0.1, -0.05) is 112 Å². The van der Waals surface area contributed by atoms with E-state index in [0.29, 0.717) is 12.1 Å². The van der Waals surface area contributed by atoms with E-state index in [9.17, 15) is 0 Å². The zero-order valence-corrected chi connectivity index (χ0v) is 26.7. The van der Waals surface area contributed by atoms with Crippen molar-refractivity contribution in [2.24, 2.45) is 0 Å². The van der Waals surface area contributed by atoms with Gasteiger partial charge in [0.1, 0.15) is 0 Å². The first-order valence-electron chi connectivity index (χ1n) is 16.7. The molecule has 2 heteroatoms. The number of aromatic nitrogens is 2. The molecule has 0 radical (unpaired) electrons. The van der Waals surface area contributed by atoms with Crippen LogP contribution in [-0.4, -0.2) is 9.13 Å². The molecule has 2 aliphatic carbocycles. The molecule has 222 valence electrons. The van der Waals surface area contributed by atoms with Crippen molar-refractivity contribution in [3.63, 3.8) is 0 Å². The molecule has 7 rings (SSSR count). The minimum atomic E-state index is 0.450. The summed E-state index contributed by atoms with van der Waals surface area (Å²) >= 11 is 0. The molecule has 2 unspecified atom stereocenters. The van der Waals surface area contributed by atoms with Crippen LogP contribution in [0.3, 0.4) is 0 Å². The number of hydrogen-bond acceptors (Lipinski definition) is 0. The second-order valence-electron chi connectivity index (χ2n) is 12.8. The number of benzene rings is 3. The molecular formula is C42H44N2. The van der Waals surface area contributed by atoms with Crippen molar-refractivity contribution in [1.29, 1.82) is 0 Å². The van der Waals surface area contributed by atoms with Gasteiger partial charge in [0, 0.05) is 55.2 Å². The quantitative estimate of drug-likeness (QED) is 0.174. The molecule has 2 nitrogen and oxygen atoms in total. The van der Waals surface area contributed by atoms with E-state index in [1.165, 1.54) is 90.9 Å². The smallest absolute Gasteiger partial charge is 0.0499 e. The maximum absolute atomic E-state index is 2.59. The molecule has 0 aliphatic heterocycles. The largest absolute Gasteiger partial charge is 0.338 e. The highest BCUT2D eigenvalue weighted by molar-refractivity contribution is 6.10. The van der Waals surface area contributed by atoms with Crippen LogP contribution < -0.4 is 15.9 Å². The van der Waals surface area contributed by atoms with Gasteiger partial charge in [-0.2, -0.15) is 0 Å². The third-order valence-corrected chi connectivity index (χ3v) is 9.70. The van der Waals surface area contributed by atoms with Gasteiger partial charge in [-0.3, -0.25) is 0 Å². The van der Waals surface area contributed by atoms with Crippen LogP contribution in [0.15, 0.2) is 96.1 Å². The van der Waals surface area contributed by atoms with E-state index in [0.717, 1.165) is 12.8 Å². The predicted octanol–water partition coefficient (Wildman–Crippen LogP) is 9.46. The maximum Gasteiger partial charge on any atom is 0.0499 e. The second kappa shape index (κ2) is 12.0. The summed E-state index contributed by atoms with van der Waals surface area (Å²) in [7, 11) is 0. The molecular weight excluding hydrogens is 532 g/mol. The Morgan fingerprint density at radius 3 is 2.00 bits per heavy atom. The van der Waals surface area contributed by atoms with Gasteiger partial charge in [-0.25, -0.2) is 0 Å². The lowest BCUT2D eigenvalue weighted by molar-refractivity contribution is 0.505. The van der Waals surface area contributed by atoms with E-state index >= 15 is 0 Å². The second-order valence-corrected chi connectivity index (χ2v) is 12.8. The number of nitrogens with zero attached hydrogens (tertiary/aromatic N) is 2. The zero-order chi connectivity index (χ0) is 30.2. The van der Waals surface area contributed by atoms with Gasteiger partial charge in [-0.15, -0.1) is 0 Å². The van der Waals surface area contributed by atoms with Crippen LogP contribution in [0.2, 0.25) is 0 Å². The lowest BCUT2D eigenvalue weighted by Crippen LogP contribution is -2.30. The highest BCUT2D eigenvalue weighted by atomic mass is 15.0. The van der Waals surface area contributed by atoms with Crippen LogP contribution in [0.5, 0.6) is 0 Å². The van der Waals surface area contributed by atoms with E-state index < -0.39 is 0 Å². The molecule has 0 saturated heterocycles. The van der Waals surface area contributed by atoms with Gasteiger partial charge < -0.3 is 9.13 Å². The van der Waals surface area contributed by atoms with Crippen molar-refractivity contribution >= 4 is 56.9 Å². The molecule has 2 aromatic heterocycles. The van der Waals surface area contributed by atoms with Crippen molar-refractivity contribution in [3.05, 3.63) is 118 Å². The van der Waals surface area contributed by atoms with Crippen LogP contribution >= 0.6 is 0 Å². The van der Waals surface area contributed by atoms with Gasteiger partial charge in [0.25, 0.3) is 0 Å². The Balaban J connectivity index is 1.30. The molecule has 0 spiro atoms. The monoisotopic (exact) mass is 576 g/mol. The summed E-state index contributed by atoms with van der Waals surface area (Å²) in [5, 5.41) is 9.53. The first-order valence-corrected chi connectivity index (χ1v) is 16.7. The summed E-state index contributed by atoms with van der Waals surface area (Å²) in [5.74, 6) is 0. The zero-order valence-electron chi connectivity index (χ0n) is 26.7. The van der Waals surface area contributed by atoms with Crippen molar-refractivity contribution < 1.29 is 0 Å². The van der Waals surface area contributed by atoms with Crippen LogP contribution in [0.1, 0.15) is 83.9 Å². The predicted molar refractivity (Wildman–Crippen MR) is 192 cm³/mol. The minimum absolute atomic E-state index is 0.450. The van der Waals surface area contributed by atoms with E-state index in [2.05, 4.69) is 146 Å². The summed E-state index contributed by atoms with van der Waals surface area (Å²) in [6.07, 6.45) is 27.7. The minimum Gasteiger partial charge on any atom is -0.338 e. The van der Waals surface area contributed by atoms with Crippen molar-refractivity contribution in [1.82, 2.24) is 9.13 Å². The summed E-state index contributed by atoms with van der Waals surface area (Å²) in [4.78, 5) is 0. The van der Waals surface area contributed by atoms with Gasteiger partial charge in [0.15, 0.2) is 0 Å². The van der Waals surface area contributed by atoms with E-state index in [1.54, 1.807) is 0 Å². The summed E-state index contributed by atoms with van der Waals surface area (Å²) in [6, 6.07) is 21.2. The Morgan fingerprint density at radius 2 is 1.30 bits per heavy atom. The van der Waals surface area contributed by atoms with Gasteiger partial charge in [0.05, 0.1) is 0 Å². The fourth-order valence-electron chi connectivity index (χ4n) is 7.71. The van der Waals surface area contributed by atoms with Crippen LogP contribution in [0, 0.1) is 0 Å². The molecule has 0 saturated carbocycles. The fraction of sp³-hybridized carbons (Fsp3) is 0.286. The first-order chi connectivity index (χ1) is 21.6. The topological polar surface area (TPSA) is 9.86 Å². The van der Waals surface area contributed by atoms with Crippen molar-refractivity contribution in [2.75, 3.05) is 0 Å². The van der Waals surface area contributed by atoms with Crippen LogP contribution in [-0.2, 0) is 0 Å². The van der Waals surface area contributed by atoms with Gasteiger partial charge in [-0.05, 0) is 85.9 Å². The Kier molecular flexibility index (Phi) is 7.77. The number of allylic oxidation sites excluding steroid dienone is 7. The normalized spacial score (nSPS) is 18.8. The molecule has 0 bridgehead atoms. The average molecular weight is 577 g/mol. The number of hydrogen-bond donors (Lipinski definition) is 0. The highest BCUT2D eigenvalue weighted by Crippen LogP contribution is 2.29. The molecule has 2 heterocycles. The average Bonchev–Trinajstić information content (AvgIpc) is 3.65. The third-order valence-electron chi connectivity index (χ3n) is 9.70. The Morgan fingerprint density at radius 1 is 0.682 bits per heavy atom. The van der Waals surface area contributed by atoms with E-state index in [4.69, 9.17) is 0 Å². The number of rotatable bonds is 8. The standard InChI is InChI=1S/C42H44N2/c1-5-12-29(3)43-37(35-18-8-7-14-33-16-10-20-39(43)41(33)35)26-24-31-22-23-32(28-31)25-27-38-36-19-9-15-34-17-11-21-40(42(34)36)44(38)30(4)13-6-2/h7,9-11,14-27,29-30H,5-6,8,12-13,28H2,1-4H3/b31-24+,32-25+,37-26+,38-27+.